The molecule has 0 fully saturated rings. The van der Waals surface area contributed by atoms with E-state index < -0.39 is 11.4 Å². The maximum atomic E-state index is 10.9. The van der Waals surface area contributed by atoms with Crippen LogP contribution in [0, 0.1) is 11.3 Å². The van der Waals surface area contributed by atoms with Crippen molar-refractivity contribution in [1.29, 1.82) is 0 Å². The molecule has 0 radical (unpaired) electrons. The summed E-state index contributed by atoms with van der Waals surface area (Å²) in [7, 11) is 0. The number of carbonyl (C=O) groups excluding carboxylic acids is 1. The van der Waals surface area contributed by atoms with Gasteiger partial charge in [-0.2, -0.15) is 0 Å². The number of hydrogen-bond acceptors (Lipinski definition) is 2. The zero-order valence-corrected chi connectivity index (χ0v) is 10.4. The number of hydrogen-bond donors (Lipinski definition) is 0. The van der Waals surface area contributed by atoms with Gasteiger partial charge >= 0.3 is 29.6 Å². The van der Waals surface area contributed by atoms with E-state index in [-0.39, 0.29) is 35.5 Å². The molecule has 13 heavy (non-hydrogen) atoms. The Balaban J connectivity index is 0.00000144. The molecule has 1 rings (SSSR count). The second-order valence-corrected chi connectivity index (χ2v) is 3.47. The largest absolute Gasteiger partial charge is 1.00 e. The smallest absolute Gasteiger partial charge is 0.549 e. The van der Waals surface area contributed by atoms with Crippen LogP contribution in [0.3, 0.4) is 0 Å². The van der Waals surface area contributed by atoms with Crippen molar-refractivity contribution in [3.63, 3.8) is 0 Å². The van der Waals surface area contributed by atoms with Gasteiger partial charge in [-0.3, -0.25) is 0 Å². The fraction of sp³-hybridized carbons (Fsp3) is 0.500. The summed E-state index contributed by atoms with van der Waals surface area (Å²) >= 11 is 0. The molecule has 0 amide bonds. The van der Waals surface area contributed by atoms with Gasteiger partial charge in [-0.25, -0.2) is 0 Å². The van der Waals surface area contributed by atoms with E-state index in [1.165, 1.54) is 0 Å². The van der Waals surface area contributed by atoms with E-state index in [4.69, 9.17) is 0 Å². The molecule has 3 heteroatoms. The number of rotatable bonds is 2. The first kappa shape index (κ1) is 12.9. The summed E-state index contributed by atoms with van der Waals surface area (Å²) in [6.07, 6.45) is 7.79. The van der Waals surface area contributed by atoms with E-state index >= 15 is 0 Å². The van der Waals surface area contributed by atoms with E-state index in [0.29, 0.717) is 6.42 Å². The van der Waals surface area contributed by atoms with Gasteiger partial charge in [0.2, 0.25) is 0 Å². The molecule has 0 saturated heterocycles. The number of carboxylic acids is 1. The molecule has 0 bridgehead atoms. The summed E-state index contributed by atoms with van der Waals surface area (Å²) in [6.45, 7) is 3.80. The Bertz CT molecular complexity index is 243. The van der Waals surface area contributed by atoms with Crippen LogP contribution >= 0.6 is 0 Å². The van der Waals surface area contributed by atoms with E-state index in [1.54, 1.807) is 12.2 Å². The molecular weight excluding hydrogens is 175 g/mol. The summed E-state index contributed by atoms with van der Waals surface area (Å²) in [4.78, 5) is 10.9. The predicted molar refractivity (Wildman–Crippen MR) is 45.2 cm³/mol. The number of aliphatic carboxylic acids is 1. The zero-order valence-electron chi connectivity index (χ0n) is 8.41. The molecule has 0 aromatic rings. The summed E-state index contributed by atoms with van der Waals surface area (Å²) in [5.74, 6) is -0.901. The van der Waals surface area contributed by atoms with E-state index in [0.717, 1.165) is 0 Å². The van der Waals surface area contributed by atoms with Crippen LogP contribution in [0.4, 0.5) is 0 Å². The summed E-state index contributed by atoms with van der Waals surface area (Å²) in [6, 6.07) is 0. The van der Waals surface area contributed by atoms with Crippen LogP contribution in [0.1, 0.15) is 20.3 Å². The van der Waals surface area contributed by atoms with Gasteiger partial charge in [0.05, 0.1) is 5.97 Å². The first-order chi connectivity index (χ1) is 5.59. The van der Waals surface area contributed by atoms with Crippen LogP contribution < -0.4 is 34.7 Å². The van der Waals surface area contributed by atoms with Gasteiger partial charge in [0.1, 0.15) is 0 Å². The van der Waals surface area contributed by atoms with Crippen LogP contribution in [0.15, 0.2) is 24.3 Å². The molecule has 0 heterocycles. The minimum absolute atomic E-state index is 0. The quantitative estimate of drug-likeness (QED) is 0.466. The molecule has 0 aromatic carbocycles. The third-order valence-electron chi connectivity index (χ3n) is 2.51. The minimum Gasteiger partial charge on any atom is -0.549 e. The third kappa shape index (κ3) is 2.46. The average Bonchev–Trinajstić information content (AvgIpc) is 2.05. The molecule has 1 aliphatic carbocycles. The van der Waals surface area contributed by atoms with E-state index in [2.05, 4.69) is 0 Å². The maximum Gasteiger partial charge on any atom is 1.00 e. The third-order valence-corrected chi connectivity index (χ3v) is 2.51. The van der Waals surface area contributed by atoms with Crippen molar-refractivity contribution < 1.29 is 39.5 Å². The molecule has 0 aliphatic heterocycles. The normalized spacial score (nSPS) is 25.8. The first-order valence-electron chi connectivity index (χ1n) is 4.15. The molecule has 1 aliphatic rings. The van der Waals surface area contributed by atoms with Crippen molar-refractivity contribution in [2.75, 3.05) is 0 Å². The van der Waals surface area contributed by atoms with Crippen LogP contribution in [0.2, 0.25) is 0 Å². The van der Waals surface area contributed by atoms with Crippen molar-refractivity contribution in [1.82, 2.24) is 0 Å². The summed E-state index contributed by atoms with van der Waals surface area (Å²) in [5, 5.41) is 10.9. The van der Waals surface area contributed by atoms with Crippen LogP contribution in [0.5, 0.6) is 0 Å². The molecule has 0 N–H and O–H groups in total. The second-order valence-electron chi connectivity index (χ2n) is 3.47. The Morgan fingerprint density at radius 2 is 2.08 bits per heavy atom. The van der Waals surface area contributed by atoms with Gasteiger partial charge in [-0.05, 0) is 12.3 Å². The van der Waals surface area contributed by atoms with Crippen LogP contribution in [0.25, 0.3) is 0 Å². The van der Waals surface area contributed by atoms with Crippen molar-refractivity contribution in [2.24, 2.45) is 11.3 Å². The Hall–Kier alpha value is -0.0500. The first-order valence-corrected chi connectivity index (χ1v) is 4.15. The molecule has 0 saturated carbocycles. The summed E-state index contributed by atoms with van der Waals surface area (Å²) < 4.78 is 0. The predicted octanol–water partition coefficient (Wildman–Crippen LogP) is -2.10. The molecule has 0 aromatic heterocycles. The van der Waals surface area contributed by atoms with Gasteiger partial charge in [0.25, 0.3) is 0 Å². The van der Waals surface area contributed by atoms with Gasteiger partial charge in [0.15, 0.2) is 0 Å². The van der Waals surface area contributed by atoms with Crippen molar-refractivity contribution in [3.05, 3.63) is 24.3 Å². The number of carbonyl (C=O) groups is 1. The molecular formula is C10H13NaO2. The molecule has 66 valence electrons. The van der Waals surface area contributed by atoms with E-state index in [9.17, 15) is 9.90 Å². The average molecular weight is 188 g/mol. The standard InChI is InChI=1S/C10H14O2.Na/c1-8(2)10(9(11)12)6-4-3-5-7-10;/h3-6,8H,7H2,1-2H3,(H,11,12);/q;+1/p-1. The van der Waals surface area contributed by atoms with Crippen LogP contribution in [-0.4, -0.2) is 5.97 Å². The Labute approximate surface area is 101 Å². The maximum absolute atomic E-state index is 10.9. The van der Waals surface area contributed by atoms with Crippen molar-refractivity contribution in [2.45, 2.75) is 20.3 Å². The Kier molecular flexibility index (Phi) is 4.97. The fourth-order valence-corrected chi connectivity index (χ4v) is 1.45. The fourth-order valence-electron chi connectivity index (χ4n) is 1.45. The Morgan fingerprint density at radius 1 is 1.46 bits per heavy atom. The summed E-state index contributed by atoms with van der Waals surface area (Å²) in [5.41, 5.74) is -0.783. The SMILES string of the molecule is CC(C)C1(C(=O)[O-])C=CC=CC1.[Na+]. The molecule has 1 unspecified atom stereocenters. The van der Waals surface area contributed by atoms with Gasteiger partial charge in [0, 0.05) is 5.41 Å². The molecule has 0 spiro atoms. The van der Waals surface area contributed by atoms with Gasteiger partial charge in [-0.15, -0.1) is 0 Å². The molecule has 2 nitrogen and oxygen atoms in total. The van der Waals surface area contributed by atoms with Crippen LogP contribution in [-0.2, 0) is 4.79 Å². The zero-order chi connectivity index (χ0) is 9.19. The molecule has 1 atom stereocenters. The topological polar surface area (TPSA) is 40.1 Å². The minimum atomic E-state index is -0.974. The Morgan fingerprint density at radius 3 is 2.31 bits per heavy atom. The number of allylic oxidation sites excluding steroid dienone is 3. The van der Waals surface area contributed by atoms with Gasteiger partial charge < -0.3 is 9.90 Å². The van der Waals surface area contributed by atoms with Gasteiger partial charge in [-0.1, -0.05) is 38.2 Å². The van der Waals surface area contributed by atoms with Crippen molar-refractivity contribution in [3.8, 4) is 0 Å². The van der Waals surface area contributed by atoms with E-state index in [1.807, 2.05) is 26.0 Å². The van der Waals surface area contributed by atoms with Crippen molar-refractivity contribution >= 4 is 5.97 Å². The monoisotopic (exact) mass is 188 g/mol. The second kappa shape index (κ2) is 4.99. The number of carboxylic acid groups (broad SMARTS) is 1.